The van der Waals surface area contributed by atoms with Gasteiger partial charge in [0.1, 0.15) is 25.6 Å². The molecule has 1 aliphatic heterocycles. The van der Waals surface area contributed by atoms with E-state index in [1.54, 1.807) is 28.8 Å². The third-order valence-electron chi connectivity index (χ3n) is 3.85. The maximum atomic E-state index is 11.3. The minimum absolute atomic E-state index is 0.208. The lowest BCUT2D eigenvalue weighted by molar-refractivity contribution is -0.137. The van der Waals surface area contributed by atoms with Gasteiger partial charge in [-0.1, -0.05) is 12.1 Å². The van der Waals surface area contributed by atoms with E-state index in [2.05, 4.69) is 4.98 Å². The van der Waals surface area contributed by atoms with Gasteiger partial charge < -0.3 is 24.9 Å². The Balaban J connectivity index is 1.96. The van der Waals surface area contributed by atoms with E-state index in [0.29, 0.717) is 47.3 Å². The number of rotatable bonds is 3. The molecule has 0 unspecified atom stereocenters. The Labute approximate surface area is 137 Å². The molecule has 0 radical (unpaired) electrons. The van der Waals surface area contributed by atoms with E-state index in [-0.39, 0.29) is 6.54 Å². The van der Waals surface area contributed by atoms with Crippen molar-refractivity contribution in [3.8, 4) is 22.9 Å². The Kier molecular flexibility index (Phi) is 3.26. The molecule has 0 spiro atoms. The first kappa shape index (κ1) is 14.4. The van der Waals surface area contributed by atoms with Crippen LogP contribution in [0.1, 0.15) is 0 Å². The molecule has 0 bridgehead atoms. The van der Waals surface area contributed by atoms with Gasteiger partial charge in [0.25, 0.3) is 0 Å². The summed E-state index contributed by atoms with van der Waals surface area (Å²) in [6.07, 6.45) is 0. The van der Waals surface area contributed by atoms with Crippen LogP contribution in [0, 0.1) is 0 Å². The summed E-state index contributed by atoms with van der Waals surface area (Å²) in [6, 6.07) is 10.8. The molecule has 2 aromatic carbocycles. The highest BCUT2D eigenvalue weighted by Gasteiger charge is 2.20. The number of aliphatic carboxylic acids is 1. The lowest BCUT2D eigenvalue weighted by Gasteiger charge is -2.18. The number of carbonyl (C=O) groups is 1. The first-order valence-electron chi connectivity index (χ1n) is 7.49. The lowest BCUT2D eigenvalue weighted by Crippen LogP contribution is -2.15. The van der Waals surface area contributed by atoms with E-state index < -0.39 is 5.97 Å². The van der Waals surface area contributed by atoms with Crippen LogP contribution < -0.4 is 15.2 Å². The van der Waals surface area contributed by atoms with Crippen molar-refractivity contribution in [1.82, 2.24) is 9.55 Å². The standard InChI is InChI=1S/C17H15N3O4/c18-11-3-1-2-10(6-11)17-19-12-7-14-15(24-5-4-23-14)8-13(12)20(17)9-16(21)22/h1-3,6-8H,4-5,9,18H2,(H,21,22). The lowest BCUT2D eigenvalue weighted by atomic mass is 10.2. The van der Waals surface area contributed by atoms with Crippen molar-refractivity contribution in [2.75, 3.05) is 18.9 Å². The molecule has 0 saturated heterocycles. The number of aromatic nitrogens is 2. The summed E-state index contributed by atoms with van der Waals surface area (Å²) >= 11 is 0. The smallest absolute Gasteiger partial charge is 0.323 e. The van der Waals surface area contributed by atoms with Crippen LogP contribution >= 0.6 is 0 Å². The average molecular weight is 325 g/mol. The van der Waals surface area contributed by atoms with Gasteiger partial charge in [-0.3, -0.25) is 4.79 Å². The highest BCUT2D eigenvalue weighted by molar-refractivity contribution is 5.86. The van der Waals surface area contributed by atoms with Crippen LogP contribution in [0.15, 0.2) is 36.4 Å². The minimum atomic E-state index is -0.950. The summed E-state index contributed by atoms with van der Waals surface area (Å²) in [6.45, 7) is 0.740. The molecule has 1 aromatic heterocycles. The zero-order chi connectivity index (χ0) is 16.7. The van der Waals surface area contributed by atoms with Gasteiger partial charge in [0.05, 0.1) is 11.0 Å². The molecule has 3 N–H and O–H groups in total. The number of fused-ring (bicyclic) bond motifs is 2. The largest absolute Gasteiger partial charge is 0.486 e. The summed E-state index contributed by atoms with van der Waals surface area (Å²) < 4.78 is 12.8. The van der Waals surface area contributed by atoms with E-state index in [9.17, 15) is 9.90 Å². The van der Waals surface area contributed by atoms with Crippen LogP contribution in [0.5, 0.6) is 11.5 Å². The molecule has 122 valence electrons. The van der Waals surface area contributed by atoms with Crippen LogP contribution in [0.3, 0.4) is 0 Å². The molecule has 3 aromatic rings. The molecule has 0 amide bonds. The van der Waals surface area contributed by atoms with Crippen LogP contribution in [0.25, 0.3) is 22.4 Å². The van der Waals surface area contributed by atoms with Crippen molar-refractivity contribution in [2.45, 2.75) is 6.54 Å². The quantitative estimate of drug-likeness (QED) is 0.716. The highest BCUT2D eigenvalue weighted by atomic mass is 16.6. The monoisotopic (exact) mass is 325 g/mol. The second kappa shape index (κ2) is 5.45. The maximum absolute atomic E-state index is 11.3. The normalized spacial score (nSPS) is 13.2. The SMILES string of the molecule is Nc1cccc(-c2nc3cc4c(cc3n2CC(=O)O)OCCO4)c1. The topological polar surface area (TPSA) is 99.6 Å². The number of benzene rings is 2. The van der Waals surface area contributed by atoms with Crippen molar-refractivity contribution in [2.24, 2.45) is 0 Å². The van der Waals surface area contributed by atoms with Gasteiger partial charge in [-0.2, -0.15) is 0 Å². The molecule has 0 aliphatic carbocycles. The Morgan fingerprint density at radius 1 is 1.21 bits per heavy atom. The molecule has 24 heavy (non-hydrogen) atoms. The van der Waals surface area contributed by atoms with Crippen LogP contribution in [0.4, 0.5) is 5.69 Å². The molecule has 0 saturated carbocycles. The van der Waals surface area contributed by atoms with Crippen LogP contribution in [-0.4, -0.2) is 33.8 Å². The fourth-order valence-electron chi connectivity index (χ4n) is 2.86. The number of carboxylic acid groups (broad SMARTS) is 1. The number of nitrogens with two attached hydrogens (primary N) is 1. The zero-order valence-electron chi connectivity index (χ0n) is 12.7. The molecule has 1 aliphatic rings. The third kappa shape index (κ3) is 2.40. The molecular weight excluding hydrogens is 310 g/mol. The number of imidazole rings is 1. The molecule has 2 heterocycles. The van der Waals surface area contributed by atoms with Crippen LogP contribution in [-0.2, 0) is 11.3 Å². The zero-order valence-corrected chi connectivity index (χ0v) is 12.7. The maximum Gasteiger partial charge on any atom is 0.323 e. The van der Waals surface area contributed by atoms with Crippen LogP contribution in [0.2, 0.25) is 0 Å². The fraction of sp³-hybridized carbons (Fsp3) is 0.176. The van der Waals surface area contributed by atoms with E-state index in [0.717, 1.165) is 5.56 Å². The number of anilines is 1. The van der Waals surface area contributed by atoms with Gasteiger partial charge in [-0.05, 0) is 12.1 Å². The van der Waals surface area contributed by atoms with Gasteiger partial charge in [-0.25, -0.2) is 4.98 Å². The van der Waals surface area contributed by atoms with Gasteiger partial charge in [0.2, 0.25) is 0 Å². The average Bonchev–Trinajstić information content (AvgIpc) is 2.90. The summed E-state index contributed by atoms with van der Waals surface area (Å²) in [5.74, 6) is 0.809. The van der Waals surface area contributed by atoms with E-state index in [4.69, 9.17) is 15.2 Å². The summed E-state index contributed by atoms with van der Waals surface area (Å²) in [5, 5.41) is 9.28. The van der Waals surface area contributed by atoms with Gasteiger partial charge in [-0.15, -0.1) is 0 Å². The number of hydrogen-bond acceptors (Lipinski definition) is 5. The minimum Gasteiger partial charge on any atom is -0.486 e. The number of nitrogen functional groups attached to an aromatic ring is 1. The summed E-state index contributed by atoms with van der Waals surface area (Å²) in [5.41, 5.74) is 8.53. The molecule has 4 rings (SSSR count). The predicted octanol–water partition coefficient (Wildman–Crippen LogP) is 2.14. The fourth-order valence-corrected chi connectivity index (χ4v) is 2.86. The first-order valence-corrected chi connectivity index (χ1v) is 7.49. The van der Waals surface area contributed by atoms with Gasteiger partial charge >= 0.3 is 5.97 Å². The van der Waals surface area contributed by atoms with Crippen molar-refractivity contribution in [3.63, 3.8) is 0 Å². The summed E-state index contributed by atoms with van der Waals surface area (Å²) in [4.78, 5) is 15.9. The Morgan fingerprint density at radius 2 is 1.96 bits per heavy atom. The van der Waals surface area contributed by atoms with Gasteiger partial charge in [0, 0.05) is 23.4 Å². The predicted molar refractivity (Wildman–Crippen MR) is 88.2 cm³/mol. The number of hydrogen-bond donors (Lipinski definition) is 2. The van der Waals surface area contributed by atoms with E-state index >= 15 is 0 Å². The summed E-state index contributed by atoms with van der Waals surface area (Å²) in [7, 11) is 0. The van der Waals surface area contributed by atoms with Crippen molar-refractivity contribution < 1.29 is 19.4 Å². The first-order chi connectivity index (χ1) is 11.6. The highest BCUT2D eigenvalue weighted by Crippen LogP contribution is 2.36. The van der Waals surface area contributed by atoms with Crippen molar-refractivity contribution in [3.05, 3.63) is 36.4 Å². The van der Waals surface area contributed by atoms with Gasteiger partial charge in [0.15, 0.2) is 11.5 Å². The molecule has 0 atom stereocenters. The number of carboxylic acids is 1. The Morgan fingerprint density at radius 3 is 2.67 bits per heavy atom. The van der Waals surface area contributed by atoms with E-state index in [1.807, 2.05) is 12.1 Å². The molecule has 0 fully saturated rings. The third-order valence-corrected chi connectivity index (χ3v) is 3.85. The van der Waals surface area contributed by atoms with Crippen molar-refractivity contribution in [1.29, 1.82) is 0 Å². The molecular formula is C17H15N3O4. The number of nitrogens with zero attached hydrogens (tertiary/aromatic N) is 2. The Bertz CT molecular complexity index is 948. The van der Waals surface area contributed by atoms with Crippen molar-refractivity contribution >= 4 is 22.7 Å². The second-order valence-corrected chi connectivity index (χ2v) is 5.53. The Hall–Kier alpha value is -3.22. The molecule has 7 nitrogen and oxygen atoms in total. The second-order valence-electron chi connectivity index (χ2n) is 5.53. The van der Waals surface area contributed by atoms with E-state index in [1.165, 1.54) is 0 Å². The number of ether oxygens (including phenoxy) is 2. The molecule has 7 heteroatoms.